The van der Waals surface area contributed by atoms with E-state index in [0.29, 0.717) is 25.2 Å². The molecule has 1 spiro atoms. The minimum atomic E-state index is -0.664. The van der Waals surface area contributed by atoms with Crippen molar-refractivity contribution >= 4 is 23.7 Å². The largest absolute Gasteiger partial charge is 0.338 e. The number of carbonyl (C=O) groups excluding carboxylic acids is 3. The smallest absolute Gasteiger partial charge is 0.325 e. The van der Waals surface area contributed by atoms with Crippen LogP contribution in [-0.4, -0.2) is 46.5 Å². The second-order valence-electron chi connectivity index (χ2n) is 6.15. The Kier molecular flexibility index (Phi) is 4.64. The van der Waals surface area contributed by atoms with Gasteiger partial charge in [-0.05, 0) is 31.4 Å². The fourth-order valence-electron chi connectivity index (χ4n) is 3.25. The topological polar surface area (TPSA) is 103 Å². The van der Waals surface area contributed by atoms with Gasteiger partial charge in [-0.3, -0.25) is 14.7 Å². The van der Waals surface area contributed by atoms with E-state index >= 15 is 0 Å². The summed E-state index contributed by atoms with van der Waals surface area (Å²) in [5, 5.41) is 8.20. The Morgan fingerprint density at radius 2 is 2.12 bits per heavy atom. The van der Waals surface area contributed by atoms with Gasteiger partial charge in [-0.1, -0.05) is 12.8 Å². The average molecular weight is 331 g/mol. The number of imide groups is 1. The van der Waals surface area contributed by atoms with E-state index in [2.05, 4.69) is 20.9 Å². The van der Waals surface area contributed by atoms with Crippen LogP contribution in [0.1, 0.15) is 32.1 Å². The van der Waals surface area contributed by atoms with Gasteiger partial charge in [-0.2, -0.15) is 0 Å². The zero-order valence-electron chi connectivity index (χ0n) is 13.4. The first-order chi connectivity index (χ1) is 11.6. The van der Waals surface area contributed by atoms with Crippen LogP contribution in [0.4, 0.5) is 15.3 Å². The lowest BCUT2D eigenvalue weighted by atomic mass is 9.98. The highest BCUT2D eigenvalue weighted by Gasteiger charge is 2.51. The Hall–Kier alpha value is -2.64. The number of hydrogen-bond donors (Lipinski definition) is 3. The Morgan fingerprint density at radius 3 is 2.83 bits per heavy atom. The van der Waals surface area contributed by atoms with Crippen LogP contribution in [0.2, 0.25) is 0 Å². The zero-order valence-corrected chi connectivity index (χ0v) is 13.4. The van der Waals surface area contributed by atoms with Crippen molar-refractivity contribution in [3.05, 3.63) is 24.5 Å². The number of carbonyl (C=O) groups is 3. The van der Waals surface area contributed by atoms with Crippen LogP contribution in [0.25, 0.3) is 0 Å². The van der Waals surface area contributed by atoms with Crippen molar-refractivity contribution < 1.29 is 14.4 Å². The van der Waals surface area contributed by atoms with Crippen LogP contribution in [0.15, 0.2) is 24.5 Å². The summed E-state index contributed by atoms with van der Waals surface area (Å²) in [6, 6.07) is 2.81. The molecule has 24 heavy (non-hydrogen) atoms. The van der Waals surface area contributed by atoms with Crippen molar-refractivity contribution in [2.24, 2.45) is 0 Å². The van der Waals surface area contributed by atoms with Gasteiger partial charge in [-0.15, -0.1) is 0 Å². The Labute approximate surface area is 140 Å². The van der Waals surface area contributed by atoms with Crippen molar-refractivity contribution in [3.63, 3.8) is 0 Å². The molecule has 1 aromatic rings. The molecule has 2 aliphatic rings. The molecule has 8 heteroatoms. The summed E-state index contributed by atoms with van der Waals surface area (Å²) >= 11 is 0. The molecule has 128 valence electrons. The molecule has 3 N–H and O–H groups in total. The lowest BCUT2D eigenvalue weighted by molar-refractivity contribution is -0.131. The first kappa shape index (κ1) is 16.2. The zero-order chi connectivity index (χ0) is 17.0. The Morgan fingerprint density at radius 1 is 1.33 bits per heavy atom. The highest BCUT2D eigenvalue weighted by Crippen LogP contribution is 2.34. The van der Waals surface area contributed by atoms with E-state index in [-0.39, 0.29) is 18.0 Å². The van der Waals surface area contributed by atoms with E-state index in [1.54, 1.807) is 24.5 Å². The van der Waals surface area contributed by atoms with E-state index in [4.69, 9.17) is 0 Å². The molecule has 1 aromatic heterocycles. The van der Waals surface area contributed by atoms with Gasteiger partial charge in [-0.25, -0.2) is 9.59 Å². The molecule has 1 saturated carbocycles. The van der Waals surface area contributed by atoms with Crippen molar-refractivity contribution in [1.82, 2.24) is 20.5 Å². The number of amides is 5. The van der Waals surface area contributed by atoms with E-state index < -0.39 is 5.54 Å². The molecule has 0 radical (unpaired) electrons. The van der Waals surface area contributed by atoms with Gasteiger partial charge in [0.25, 0.3) is 5.91 Å². The Balaban J connectivity index is 1.41. The van der Waals surface area contributed by atoms with Gasteiger partial charge in [0.15, 0.2) is 0 Å². The van der Waals surface area contributed by atoms with Crippen molar-refractivity contribution in [3.8, 4) is 0 Å². The highest BCUT2D eigenvalue weighted by atomic mass is 16.2. The summed E-state index contributed by atoms with van der Waals surface area (Å²) in [4.78, 5) is 41.4. The van der Waals surface area contributed by atoms with Crippen LogP contribution in [0, 0.1) is 0 Å². The van der Waals surface area contributed by atoms with Crippen molar-refractivity contribution in [2.45, 2.75) is 37.6 Å². The highest BCUT2D eigenvalue weighted by molar-refractivity contribution is 6.07. The molecule has 5 amide bonds. The molecular weight excluding hydrogens is 310 g/mol. The number of anilines is 1. The summed E-state index contributed by atoms with van der Waals surface area (Å²) in [6.45, 7) is 0.676. The number of nitrogens with one attached hydrogen (secondary N) is 3. The summed E-state index contributed by atoms with van der Waals surface area (Å²) in [6.07, 6.45) is 7.06. The van der Waals surface area contributed by atoms with E-state index in [9.17, 15) is 14.4 Å². The molecule has 1 aliphatic heterocycles. The molecular formula is C16H21N5O3. The van der Waals surface area contributed by atoms with Gasteiger partial charge in [0.05, 0.1) is 11.9 Å². The van der Waals surface area contributed by atoms with Crippen LogP contribution in [0.5, 0.6) is 0 Å². The van der Waals surface area contributed by atoms with Crippen LogP contribution in [0.3, 0.4) is 0 Å². The third-order valence-corrected chi connectivity index (χ3v) is 4.47. The molecule has 2 fully saturated rings. The number of rotatable bonds is 5. The fourth-order valence-corrected chi connectivity index (χ4v) is 3.25. The maximum atomic E-state index is 12.4. The van der Waals surface area contributed by atoms with E-state index in [0.717, 1.165) is 25.7 Å². The second kappa shape index (κ2) is 6.86. The van der Waals surface area contributed by atoms with E-state index in [1.807, 2.05) is 0 Å². The predicted octanol–water partition coefficient (Wildman–Crippen LogP) is 1.46. The van der Waals surface area contributed by atoms with E-state index in [1.165, 1.54) is 4.90 Å². The van der Waals surface area contributed by atoms with Crippen LogP contribution < -0.4 is 16.0 Å². The third-order valence-electron chi connectivity index (χ3n) is 4.47. The van der Waals surface area contributed by atoms with Gasteiger partial charge in [0.2, 0.25) is 0 Å². The first-order valence-electron chi connectivity index (χ1n) is 8.20. The monoisotopic (exact) mass is 331 g/mol. The van der Waals surface area contributed by atoms with Crippen molar-refractivity contribution in [1.29, 1.82) is 0 Å². The fraction of sp³-hybridized carbons (Fsp3) is 0.500. The van der Waals surface area contributed by atoms with Gasteiger partial charge in [0, 0.05) is 19.3 Å². The lowest BCUT2D eigenvalue weighted by Gasteiger charge is -2.20. The summed E-state index contributed by atoms with van der Waals surface area (Å²) in [5.74, 6) is -0.121. The summed E-state index contributed by atoms with van der Waals surface area (Å²) in [5.41, 5.74) is -0.0605. The quantitative estimate of drug-likeness (QED) is 0.561. The number of urea groups is 2. The van der Waals surface area contributed by atoms with Gasteiger partial charge < -0.3 is 16.0 Å². The molecule has 1 aliphatic carbocycles. The predicted molar refractivity (Wildman–Crippen MR) is 87.3 cm³/mol. The molecule has 0 bridgehead atoms. The SMILES string of the molecule is O=C(NCCCN1C(=O)NC2(CCCC2)C1=O)Nc1cccnc1. The summed E-state index contributed by atoms with van der Waals surface area (Å²) < 4.78 is 0. The summed E-state index contributed by atoms with van der Waals surface area (Å²) in [7, 11) is 0. The maximum absolute atomic E-state index is 12.4. The van der Waals surface area contributed by atoms with Gasteiger partial charge >= 0.3 is 12.1 Å². The third kappa shape index (κ3) is 3.32. The molecule has 3 rings (SSSR count). The lowest BCUT2D eigenvalue weighted by Crippen LogP contribution is -2.44. The van der Waals surface area contributed by atoms with Crippen molar-refractivity contribution in [2.75, 3.05) is 18.4 Å². The minimum Gasteiger partial charge on any atom is -0.338 e. The number of hydrogen-bond acceptors (Lipinski definition) is 4. The number of nitrogens with zero attached hydrogens (tertiary/aromatic N) is 2. The maximum Gasteiger partial charge on any atom is 0.325 e. The van der Waals surface area contributed by atoms with Gasteiger partial charge in [0.1, 0.15) is 5.54 Å². The average Bonchev–Trinajstić information content (AvgIpc) is 3.12. The molecule has 1 saturated heterocycles. The Bertz CT molecular complexity index is 628. The van der Waals surface area contributed by atoms with Crippen LogP contribution >= 0.6 is 0 Å². The molecule has 8 nitrogen and oxygen atoms in total. The standard InChI is InChI=1S/C16H21N5O3/c22-13-16(6-1-2-7-16)20-15(24)21(13)10-4-9-18-14(23)19-12-5-3-8-17-11-12/h3,5,8,11H,1-2,4,6-7,9-10H2,(H,20,24)(H2,18,19,23). The normalized spacial score (nSPS) is 18.8. The molecule has 0 unspecified atom stereocenters. The number of pyridine rings is 1. The molecule has 0 atom stereocenters. The van der Waals surface area contributed by atoms with Crippen LogP contribution in [-0.2, 0) is 4.79 Å². The second-order valence-corrected chi connectivity index (χ2v) is 6.15. The molecule has 2 heterocycles. The first-order valence-corrected chi connectivity index (χ1v) is 8.20. The number of aromatic nitrogens is 1. The minimum absolute atomic E-state index is 0.121. The molecule has 0 aromatic carbocycles.